The molecule has 30 heavy (non-hydrogen) atoms. The Balaban J connectivity index is 0.00000320. The van der Waals surface area contributed by atoms with E-state index in [2.05, 4.69) is 25.7 Å². The van der Waals surface area contributed by atoms with Crippen molar-refractivity contribution in [3.05, 3.63) is 66.1 Å². The van der Waals surface area contributed by atoms with E-state index in [0.717, 1.165) is 29.5 Å². The number of hydrogen-bond acceptors (Lipinski definition) is 5. The molecule has 8 nitrogen and oxygen atoms in total. The molecule has 0 aliphatic carbocycles. The minimum absolute atomic E-state index is 0. The average Bonchev–Trinajstić information content (AvgIpc) is 3.16. The van der Waals surface area contributed by atoms with Crippen LogP contribution >= 0.6 is 24.0 Å². The fourth-order valence-electron chi connectivity index (χ4n) is 2.59. The Morgan fingerprint density at radius 2 is 1.83 bits per heavy atom. The zero-order valence-corrected chi connectivity index (χ0v) is 19.7. The first-order chi connectivity index (χ1) is 14.2. The quantitative estimate of drug-likeness (QED) is 0.268. The third kappa shape index (κ3) is 6.90. The molecule has 0 saturated carbocycles. The highest BCUT2D eigenvalue weighted by atomic mass is 127. The summed E-state index contributed by atoms with van der Waals surface area (Å²) >= 11 is 0. The first-order valence-electron chi connectivity index (χ1n) is 9.44. The molecule has 0 amide bonds. The van der Waals surface area contributed by atoms with Crippen LogP contribution in [0.25, 0.3) is 0 Å². The summed E-state index contributed by atoms with van der Waals surface area (Å²) < 4.78 is 12.7. The lowest BCUT2D eigenvalue weighted by Gasteiger charge is -2.11. The molecule has 0 bridgehead atoms. The summed E-state index contributed by atoms with van der Waals surface area (Å²) in [6, 6.07) is 13.1. The number of ether oxygens (including phenoxy) is 2. The number of benzene rings is 1. The van der Waals surface area contributed by atoms with Crippen molar-refractivity contribution >= 4 is 29.9 Å². The van der Waals surface area contributed by atoms with Gasteiger partial charge in [0.15, 0.2) is 5.96 Å². The van der Waals surface area contributed by atoms with Crippen LogP contribution in [0.4, 0.5) is 0 Å². The van der Waals surface area contributed by atoms with Gasteiger partial charge in [-0.3, -0.25) is 4.68 Å². The van der Waals surface area contributed by atoms with E-state index in [1.54, 1.807) is 19.5 Å². The number of pyridine rings is 1. The van der Waals surface area contributed by atoms with Gasteiger partial charge in [0, 0.05) is 32.1 Å². The Morgan fingerprint density at radius 1 is 1.07 bits per heavy atom. The lowest BCUT2D eigenvalue weighted by molar-refractivity contribution is 0.412. The minimum Gasteiger partial charge on any atom is -0.497 e. The zero-order chi connectivity index (χ0) is 20.5. The Kier molecular flexibility index (Phi) is 9.39. The zero-order valence-electron chi connectivity index (χ0n) is 17.3. The number of methoxy groups -OCH3 is 1. The van der Waals surface area contributed by atoms with Crippen LogP contribution in [0.2, 0.25) is 0 Å². The van der Waals surface area contributed by atoms with Gasteiger partial charge in [-0.05, 0) is 42.8 Å². The Hall–Kier alpha value is -2.82. The van der Waals surface area contributed by atoms with Crippen LogP contribution in [-0.4, -0.2) is 34.4 Å². The van der Waals surface area contributed by atoms with Crippen LogP contribution < -0.4 is 20.1 Å². The number of guanidine groups is 1. The molecule has 0 unspecified atom stereocenters. The number of nitrogens with zero attached hydrogens (tertiary/aromatic N) is 4. The van der Waals surface area contributed by atoms with Gasteiger partial charge >= 0.3 is 0 Å². The molecule has 0 fully saturated rings. The number of rotatable bonds is 8. The van der Waals surface area contributed by atoms with Crippen LogP contribution in [0.3, 0.4) is 0 Å². The smallest absolute Gasteiger partial charge is 0.219 e. The number of halogens is 1. The van der Waals surface area contributed by atoms with Crippen molar-refractivity contribution in [1.29, 1.82) is 0 Å². The first-order valence-corrected chi connectivity index (χ1v) is 9.44. The third-order valence-corrected chi connectivity index (χ3v) is 4.20. The van der Waals surface area contributed by atoms with Crippen molar-refractivity contribution in [2.75, 3.05) is 13.7 Å². The molecular formula is C21H27IN6O2. The van der Waals surface area contributed by atoms with Gasteiger partial charge in [-0.2, -0.15) is 5.10 Å². The predicted octanol–water partition coefficient (Wildman–Crippen LogP) is 3.49. The van der Waals surface area contributed by atoms with Gasteiger partial charge in [0.1, 0.15) is 11.5 Å². The molecule has 0 aliphatic heterocycles. The van der Waals surface area contributed by atoms with Crippen molar-refractivity contribution in [2.45, 2.75) is 20.0 Å². The van der Waals surface area contributed by atoms with Gasteiger partial charge in [-0.25, -0.2) is 9.98 Å². The SMILES string of the molecule is CCNC(=NCc1ccc(Oc2ccc(OC)cc2)nc1)NCc1ccnn1C.I. The first kappa shape index (κ1) is 23.5. The van der Waals surface area contributed by atoms with E-state index < -0.39 is 0 Å². The molecule has 3 rings (SSSR count). The fraction of sp³-hybridized carbons (Fsp3) is 0.286. The molecular weight excluding hydrogens is 495 g/mol. The largest absolute Gasteiger partial charge is 0.497 e. The maximum Gasteiger partial charge on any atom is 0.219 e. The molecule has 0 atom stereocenters. The van der Waals surface area contributed by atoms with Gasteiger partial charge < -0.3 is 20.1 Å². The van der Waals surface area contributed by atoms with Crippen LogP contribution in [0.1, 0.15) is 18.2 Å². The van der Waals surface area contributed by atoms with Gasteiger partial charge in [0.05, 0.1) is 25.9 Å². The summed E-state index contributed by atoms with van der Waals surface area (Å²) in [6.07, 6.45) is 3.55. The van der Waals surface area contributed by atoms with Crippen LogP contribution in [0.5, 0.6) is 17.4 Å². The second kappa shape index (κ2) is 12.0. The summed E-state index contributed by atoms with van der Waals surface area (Å²) in [5.74, 6) is 2.77. The standard InChI is InChI=1S/C21H26N6O2.HI/c1-4-22-21(25-15-17-11-12-26-27(17)2)24-14-16-5-10-20(23-13-16)29-19-8-6-18(28-3)7-9-19;/h5-13H,4,14-15H2,1-3H3,(H2,22,24,25);1H. The van der Waals surface area contributed by atoms with Crippen LogP contribution in [0, 0.1) is 0 Å². The third-order valence-electron chi connectivity index (χ3n) is 4.20. The van der Waals surface area contributed by atoms with Gasteiger partial charge in [-0.15, -0.1) is 24.0 Å². The van der Waals surface area contributed by atoms with Gasteiger partial charge in [0.2, 0.25) is 5.88 Å². The predicted molar refractivity (Wildman–Crippen MR) is 128 cm³/mol. The van der Waals surface area contributed by atoms with E-state index >= 15 is 0 Å². The molecule has 2 N–H and O–H groups in total. The van der Waals surface area contributed by atoms with E-state index in [1.807, 2.05) is 61.1 Å². The highest BCUT2D eigenvalue weighted by molar-refractivity contribution is 14.0. The van der Waals surface area contributed by atoms with E-state index in [-0.39, 0.29) is 24.0 Å². The molecule has 2 aromatic heterocycles. The van der Waals surface area contributed by atoms with E-state index in [0.29, 0.717) is 24.7 Å². The number of aromatic nitrogens is 3. The molecule has 160 valence electrons. The maximum atomic E-state index is 5.75. The molecule has 0 saturated heterocycles. The summed E-state index contributed by atoms with van der Waals surface area (Å²) in [5, 5.41) is 10.7. The van der Waals surface area contributed by atoms with Gasteiger partial charge in [0.25, 0.3) is 0 Å². The van der Waals surface area contributed by atoms with Crippen molar-refractivity contribution in [3.63, 3.8) is 0 Å². The van der Waals surface area contributed by atoms with Crippen LogP contribution in [-0.2, 0) is 20.1 Å². The molecule has 3 aromatic rings. The molecule has 1 aromatic carbocycles. The van der Waals surface area contributed by atoms with E-state index in [1.165, 1.54) is 0 Å². The normalized spacial score (nSPS) is 10.8. The fourth-order valence-corrected chi connectivity index (χ4v) is 2.59. The van der Waals surface area contributed by atoms with Crippen molar-refractivity contribution < 1.29 is 9.47 Å². The number of aryl methyl sites for hydroxylation is 1. The minimum atomic E-state index is 0. The second-order valence-electron chi connectivity index (χ2n) is 6.28. The summed E-state index contributed by atoms with van der Waals surface area (Å²) in [5.41, 5.74) is 2.07. The lowest BCUT2D eigenvalue weighted by Crippen LogP contribution is -2.37. The Labute approximate surface area is 193 Å². The summed E-state index contributed by atoms with van der Waals surface area (Å²) in [6.45, 7) is 3.98. The highest BCUT2D eigenvalue weighted by Gasteiger charge is 2.03. The van der Waals surface area contributed by atoms with Crippen molar-refractivity contribution in [3.8, 4) is 17.4 Å². The van der Waals surface area contributed by atoms with Crippen molar-refractivity contribution in [2.24, 2.45) is 12.0 Å². The molecule has 0 radical (unpaired) electrons. The topological polar surface area (TPSA) is 85.6 Å². The second-order valence-corrected chi connectivity index (χ2v) is 6.28. The van der Waals surface area contributed by atoms with Crippen molar-refractivity contribution in [1.82, 2.24) is 25.4 Å². The Morgan fingerprint density at radius 3 is 2.43 bits per heavy atom. The lowest BCUT2D eigenvalue weighted by atomic mass is 10.3. The summed E-state index contributed by atoms with van der Waals surface area (Å²) in [4.78, 5) is 8.98. The molecule has 0 spiro atoms. The Bertz CT molecular complexity index is 925. The van der Waals surface area contributed by atoms with Crippen LogP contribution in [0.15, 0.2) is 59.9 Å². The number of nitrogens with one attached hydrogen (secondary N) is 2. The monoisotopic (exact) mass is 522 g/mol. The highest BCUT2D eigenvalue weighted by Crippen LogP contribution is 2.22. The van der Waals surface area contributed by atoms with E-state index in [4.69, 9.17) is 9.47 Å². The molecule has 9 heteroatoms. The van der Waals surface area contributed by atoms with Gasteiger partial charge in [-0.1, -0.05) is 6.07 Å². The molecule has 2 heterocycles. The molecule has 0 aliphatic rings. The van der Waals surface area contributed by atoms with E-state index in [9.17, 15) is 0 Å². The average molecular weight is 522 g/mol. The number of aliphatic imine (C=N–C) groups is 1. The number of hydrogen-bond donors (Lipinski definition) is 2. The maximum absolute atomic E-state index is 5.75. The summed E-state index contributed by atoms with van der Waals surface area (Å²) in [7, 11) is 3.55.